The summed E-state index contributed by atoms with van der Waals surface area (Å²) in [6, 6.07) is 0.279. The molecule has 3 aromatic rings. The van der Waals surface area contributed by atoms with Gasteiger partial charge in [0.2, 0.25) is 5.95 Å². The van der Waals surface area contributed by atoms with Gasteiger partial charge in [0.1, 0.15) is 0 Å². The van der Waals surface area contributed by atoms with Crippen LogP contribution in [0.15, 0.2) is 17.6 Å². The molecule has 0 aromatic carbocycles. The van der Waals surface area contributed by atoms with Crippen molar-refractivity contribution in [3.63, 3.8) is 0 Å². The maximum absolute atomic E-state index is 5.81. The molecule has 10 heteroatoms. The van der Waals surface area contributed by atoms with Gasteiger partial charge in [-0.15, -0.1) is 5.10 Å². The number of ether oxygens (including phenoxy) is 1. The molecule has 0 saturated carbocycles. The van der Waals surface area contributed by atoms with E-state index in [9.17, 15) is 0 Å². The van der Waals surface area contributed by atoms with Gasteiger partial charge in [-0.2, -0.15) is 19.5 Å². The number of methoxy groups -OCH3 is 1. The van der Waals surface area contributed by atoms with E-state index < -0.39 is 0 Å². The van der Waals surface area contributed by atoms with Crippen molar-refractivity contribution < 1.29 is 4.74 Å². The highest BCUT2D eigenvalue weighted by atomic mass is 32.2. The predicted octanol–water partition coefficient (Wildman–Crippen LogP) is 0.289. The Kier molecular flexibility index (Phi) is 3.06. The van der Waals surface area contributed by atoms with Crippen LogP contribution < -0.4 is 10.5 Å². The number of nitrogens with zero attached hydrogens (tertiary/aromatic N) is 7. The van der Waals surface area contributed by atoms with E-state index in [0.29, 0.717) is 22.3 Å². The van der Waals surface area contributed by atoms with Crippen LogP contribution in [0, 0.1) is 0 Å². The SMILES string of the molecule is COc1ncc(-c2nc3nc(SC)nc(N)n3n2)cn1. The fraction of sp³-hybridized carbons (Fsp3) is 0.200. The van der Waals surface area contributed by atoms with Gasteiger partial charge >= 0.3 is 6.01 Å². The highest BCUT2D eigenvalue weighted by molar-refractivity contribution is 7.98. The van der Waals surface area contributed by atoms with Gasteiger partial charge in [0.05, 0.1) is 12.7 Å². The molecule has 0 bridgehead atoms. The Balaban J connectivity index is 2.09. The van der Waals surface area contributed by atoms with Crippen LogP contribution in [0.25, 0.3) is 17.2 Å². The summed E-state index contributed by atoms with van der Waals surface area (Å²) in [4.78, 5) is 20.6. The van der Waals surface area contributed by atoms with Crippen LogP contribution in [-0.2, 0) is 0 Å². The standard InChI is InChI=1S/C10H10N8OS/c1-19-9-12-3-5(4-13-9)6-14-8-16-10(20-2)15-7(11)18(8)17-6/h3-4H,1-2H3,(H2,11,14,15,16,17). The van der Waals surface area contributed by atoms with Crippen molar-refractivity contribution in [1.29, 1.82) is 0 Å². The van der Waals surface area contributed by atoms with E-state index in [-0.39, 0.29) is 12.0 Å². The van der Waals surface area contributed by atoms with Gasteiger partial charge in [0.15, 0.2) is 11.0 Å². The second kappa shape index (κ2) is 4.89. The van der Waals surface area contributed by atoms with Gasteiger partial charge in [-0.05, 0) is 6.26 Å². The third-order valence-electron chi connectivity index (χ3n) is 2.46. The van der Waals surface area contributed by atoms with Crippen LogP contribution in [0.3, 0.4) is 0 Å². The smallest absolute Gasteiger partial charge is 0.316 e. The summed E-state index contributed by atoms with van der Waals surface area (Å²) in [5, 5.41) is 4.78. The molecule has 20 heavy (non-hydrogen) atoms. The summed E-state index contributed by atoms with van der Waals surface area (Å²) in [6.07, 6.45) is 5.00. The third-order valence-corrected chi connectivity index (χ3v) is 3.01. The van der Waals surface area contributed by atoms with E-state index in [2.05, 4.69) is 30.0 Å². The highest BCUT2D eigenvalue weighted by Gasteiger charge is 2.12. The van der Waals surface area contributed by atoms with Crippen LogP contribution in [-0.4, -0.2) is 47.9 Å². The van der Waals surface area contributed by atoms with Crippen LogP contribution in [0.5, 0.6) is 6.01 Å². The van der Waals surface area contributed by atoms with Crippen molar-refractivity contribution in [3.05, 3.63) is 12.4 Å². The molecule has 0 radical (unpaired) electrons. The number of aromatic nitrogens is 7. The fourth-order valence-electron chi connectivity index (χ4n) is 1.54. The lowest BCUT2D eigenvalue weighted by molar-refractivity contribution is 0.380. The summed E-state index contributed by atoms with van der Waals surface area (Å²) in [6.45, 7) is 0. The van der Waals surface area contributed by atoms with Crippen molar-refractivity contribution >= 4 is 23.5 Å². The number of thioether (sulfide) groups is 1. The minimum Gasteiger partial charge on any atom is -0.467 e. The van der Waals surface area contributed by atoms with Gasteiger partial charge in [-0.1, -0.05) is 11.8 Å². The number of nitrogens with two attached hydrogens (primary N) is 1. The zero-order valence-corrected chi connectivity index (χ0v) is 11.5. The monoisotopic (exact) mass is 290 g/mol. The first-order valence-electron chi connectivity index (χ1n) is 5.52. The predicted molar refractivity (Wildman–Crippen MR) is 72.3 cm³/mol. The molecule has 102 valence electrons. The van der Waals surface area contributed by atoms with Crippen molar-refractivity contribution in [2.24, 2.45) is 0 Å². The first-order chi connectivity index (χ1) is 9.71. The van der Waals surface area contributed by atoms with Crippen molar-refractivity contribution in [1.82, 2.24) is 34.5 Å². The van der Waals surface area contributed by atoms with Gasteiger partial charge in [0.25, 0.3) is 5.78 Å². The van der Waals surface area contributed by atoms with Crippen LogP contribution in [0.4, 0.5) is 5.95 Å². The Hall–Kier alpha value is -2.49. The Morgan fingerprint density at radius 3 is 2.60 bits per heavy atom. The average molecular weight is 290 g/mol. The average Bonchev–Trinajstić information content (AvgIpc) is 2.92. The maximum atomic E-state index is 5.81. The molecule has 3 aromatic heterocycles. The molecule has 2 N–H and O–H groups in total. The molecular formula is C10H10N8OS. The minimum absolute atomic E-state index is 0.229. The Morgan fingerprint density at radius 2 is 1.95 bits per heavy atom. The molecule has 0 unspecified atom stereocenters. The summed E-state index contributed by atoms with van der Waals surface area (Å²) < 4.78 is 6.27. The molecule has 3 rings (SSSR count). The Morgan fingerprint density at radius 1 is 1.20 bits per heavy atom. The van der Waals surface area contributed by atoms with Crippen molar-refractivity contribution in [3.8, 4) is 17.4 Å². The van der Waals surface area contributed by atoms with E-state index in [1.807, 2.05) is 6.26 Å². The van der Waals surface area contributed by atoms with E-state index in [1.165, 1.54) is 23.4 Å². The van der Waals surface area contributed by atoms with E-state index >= 15 is 0 Å². The maximum Gasteiger partial charge on any atom is 0.316 e. The zero-order valence-electron chi connectivity index (χ0n) is 10.7. The van der Waals surface area contributed by atoms with Gasteiger partial charge in [0, 0.05) is 12.4 Å². The molecule has 0 aliphatic carbocycles. The molecule has 3 heterocycles. The molecule has 9 nitrogen and oxygen atoms in total. The van der Waals surface area contributed by atoms with Crippen molar-refractivity contribution in [2.45, 2.75) is 5.16 Å². The Labute approximate surface area is 117 Å². The van der Waals surface area contributed by atoms with Gasteiger partial charge in [-0.3, -0.25) is 0 Å². The van der Waals surface area contributed by atoms with Crippen LogP contribution in [0.2, 0.25) is 0 Å². The fourth-order valence-corrected chi connectivity index (χ4v) is 1.89. The molecular weight excluding hydrogens is 280 g/mol. The third kappa shape index (κ3) is 2.09. The normalized spacial score (nSPS) is 10.9. The largest absolute Gasteiger partial charge is 0.467 e. The molecule has 0 aliphatic rings. The second-order valence-electron chi connectivity index (χ2n) is 3.67. The first-order valence-corrected chi connectivity index (χ1v) is 6.74. The lowest BCUT2D eigenvalue weighted by Gasteiger charge is -1.98. The van der Waals surface area contributed by atoms with Crippen LogP contribution in [0.1, 0.15) is 0 Å². The van der Waals surface area contributed by atoms with Crippen LogP contribution >= 0.6 is 11.8 Å². The lowest BCUT2D eigenvalue weighted by atomic mass is 10.3. The Bertz CT molecular complexity index is 756. The summed E-state index contributed by atoms with van der Waals surface area (Å²) >= 11 is 1.38. The molecule has 0 amide bonds. The number of anilines is 1. The topological polar surface area (TPSA) is 117 Å². The van der Waals surface area contributed by atoms with E-state index in [1.54, 1.807) is 12.4 Å². The quantitative estimate of drug-likeness (QED) is 0.679. The van der Waals surface area contributed by atoms with Crippen molar-refractivity contribution in [2.75, 3.05) is 19.1 Å². The van der Waals surface area contributed by atoms with E-state index in [4.69, 9.17) is 10.5 Å². The molecule has 0 aliphatic heterocycles. The summed E-state index contributed by atoms with van der Waals surface area (Å²) in [5.74, 6) is 1.03. The molecule has 0 spiro atoms. The van der Waals surface area contributed by atoms with Gasteiger partial charge < -0.3 is 10.5 Å². The second-order valence-corrected chi connectivity index (χ2v) is 4.45. The van der Waals surface area contributed by atoms with E-state index in [0.717, 1.165) is 0 Å². The number of fused-ring (bicyclic) bond motifs is 1. The summed E-state index contributed by atoms with van der Waals surface area (Å²) in [7, 11) is 1.50. The molecule has 0 atom stereocenters. The highest BCUT2D eigenvalue weighted by Crippen LogP contribution is 2.17. The lowest BCUT2D eigenvalue weighted by Crippen LogP contribution is -2.04. The summed E-state index contributed by atoms with van der Waals surface area (Å²) in [5.41, 5.74) is 6.45. The number of nitrogen functional groups attached to an aromatic ring is 1. The first kappa shape index (κ1) is 12.5. The molecule has 0 fully saturated rings. The minimum atomic E-state index is 0.229. The number of hydrogen-bond donors (Lipinski definition) is 1. The zero-order chi connectivity index (χ0) is 14.1. The molecule has 0 saturated heterocycles. The van der Waals surface area contributed by atoms with Gasteiger partial charge in [-0.25, -0.2) is 9.97 Å². The number of rotatable bonds is 3. The number of hydrogen-bond acceptors (Lipinski definition) is 9.